The minimum Gasteiger partial charge on any atom is -0.465 e. The lowest BCUT2D eigenvalue weighted by molar-refractivity contribution is 0.0901. The fourth-order valence-corrected chi connectivity index (χ4v) is 6.21. The number of thiazole rings is 2. The van der Waals surface area contributed by atoms with E-state index in [9.17, 15) is 14.7 Å². The summed E-state index contributed by atoms with van der Waals surface area (Å²) >= 11 is 2.95. The third-order valence-electron chi connectivity index (χ3n) is 7.76. The zero-order chi connectivity index (χ0) is 32.6. The van der Waals surface area contributed by atoms with Gasteiger partial charge in [-0.3, -0.25) is 9.97 Å². The second-order valence-corrected chi connectivity index (χ2v) is 15.2. The Bertz CT molecular complexity index is 1490. The van der Waals surface area contributed by atoms with Crippen molar-refractivity contribution in [3.8, 4) is 0 Å². The van der Waals surface area contributed by atoms with Crippen LogP contribution in [0.4, 0.5) is 9.59 Å². The normalized spacial score (nSPS) is 12.5. The van der Waals surface area contributed by atoms with E-state index in [2.05, 4.69) is 75.8 Å². The van der Waals surface area contributed by atoms with Gasteiger partial charge in [-0.1, -0.05) is 90.1 Å². The molecule has 2 aromatic heterocycles. The molecule has 4 aromatic rings. The Morgan fingerprint density at radius 1 is 0.822 bits per heavy atom. The molecule has 0 aliphatic carbocycles. The summed E-state index contributed by atoms with van der Waals surface area (Å²) in [5.74, 6) is 0. The van der Waals surface area contributed by atoms with Crippen molar-refractivity contribution in [2.45, 2.75) is 84.4 Å². The number of nitrogens with zero attached hydrogens (tertiary/aromatic N) is 4. The molecule has 0 aliphatic heterocycles. The van der Waals surface area contributed by atoms with E-state index in [1.807, 2.05) is 24.3 Å². The standard InChI is InChI=1S/C35H44N4O4S2/c1-34(2,3)27-12-8-25(9-13-27)21-38(33(42)43-22-30-20-37-24-45-30)16-7-17-39(32(40)41)31(18-29-19-36-23-44-29)26-10-14-28(15-11-26)35(4,5)6/h8-15,19-20,23-24,31H,7,16-18,21-22H2,1-6H3,(H,40,41). The maximum atomic E-state index is 13.3. The van der Waals surface area contributed by atoms with E-state index in [0.717, 1.165) is 20.9 Å². The maximum Gasteiger partial charge on any atom is 0.410 e. The number of carbonyl (C=O) groups is 2. The highest BCUT2D eigenvalue weighted by molar-refractivity contribution is 7.09. The molecule has 0 spiro atoms. The summed E-state index contributed by atoms with van der Waals surface area (Å²) in [4.78, 5) is 39.3. The molecule has 240 valence electrons. The lowest BCUT2D eigenvalue weighted by Gasteiger charge is -2.31. The number of carboxylic acid groups (broad SMARTS) is 1. The van der Waals surface area contributed by atoms with Crippen molar-refractivity contribution in [3.63, 3.8) is 0 Å². The molecule has 0 saturated carbocycles. The van der Waals surface area contributed by atoms with E-state index in [0.29, 0.717) is 25.9 Å². The Hall–Kier alpha value is -3.76. The van der Waals surface area contributed by atoms with Gasteiger partial charge < -0.3 is 19.6 Å². The third-order valence-corrected chi connectivity index (χ3v) is 9.32. The van der Waals surface area contributed by atoms with Crippen molar-refractivity contribution in [1.82, 2.24) is 19.8 Å². The molecule has 1 unspecified atom stereocenters. The van der Waals surface area contributed by atoms with Crippen LogP contribution in [-0.4, -0.2) is 50.2 Å². The van der Waals surface area contributed by atoms with Gasteiger partial charge in [-0.15, -0.1) is 22.7 Å². The molecular formula is C35H44N4O4S2. The van der Waals surface area contributed by atoms with E-state index >= 15 is 0 Å². The van der Waals surface area contributed by atoms with Crippen molar-refractivity contribution < 1.29 is 19.4 Å². The SMILES string of the molecule is CC(C)(C)c1ccc(CN(CCCN(C(=O)O)C(Cc2cncs2)c2ccc(C(C)(C)C)cc2)C(=O)OCc2cncs2)cc1. The van der Waals surface area contributed by atoms with E-state index in [4.69, 9.17) is 4.74 Å². The zero-order valence-corrected chi connectivity index (χ0v) is 28.7. The van der Waals surface area contributed by atoms with E-state index < -0.39 is 18.2 Å². The van der Waals surface area contributed by atoms with Crippen LogP contribution >= 0.6 is 22.7 Å². The molecule has 2 amide bonds. The minimum atomic E-state index is -0.999. The molecule has 0 aliphatic rings. The highest BCUT2D eigenvalue weighted by Crippen LogP contribution is 2.30. The molecule has 0 saturated heterocycles. The Balaban J connectivity index is 1.51. The van der Waals surface area contributed by atoms with Crippen LogP contribution < -0.4 is 0 Å². The van der Waals surface area contributed by atoms with E-state index in [1.165, 1.54) is 38.7 Å². The molecule has 45 heavy (non-hydrogen) atoms. The van der Waals surface area contributed by atoms with Crippen LogP contribution in [0, 0.1) is 0 Å². The van der Waals surface area contributed by atoms with Gasteiger partial charge in [-0.2, -0.15) is 0 Å². The summed E-state index contributed by atoms with van der Waals surface area (Å²) in [5, 5.41) is 10.4. The molecule has 0 bridgehead atoms. The largest absolute Gasteiger partial charge is 0.465 e. The number of carbonyl (C=O) groups excluding carboxylic acids is 1. The van der Waals surface area contributed by atoms with Gasteiger partial charge in [0, 0.05) is 43.3 Å². The summed E-state index contributed by atoms with van der Waals surface area (Å²) < 4.78 is 5.65. The van der Waals surface area contributed by atoms with Gasteiger partial charge in [0.15, 0.2) is 0 Å². The predicted octanol–water partition coefficient (Wildman–Crippen LogP) is 8.69. The predicted molar refractivity (Wildman–Crippen MR) is 181 cm³/mol. The van der Waals surface area contributed by atoms with Crippen molar-refractivity contribution in [2.75, 3.05) is 13.1 Å². The molecule has 0 fully saturated rings. The molecule has 4 rings (SSSR count). The summed E-state index contributed by atoms with van der Waals surface area (Å²) in [5.41, 5.74) is 7.80. The van der Waals surface area contributed by atoms with Crippen molar-refractivity contribution in [2.24, 2.45) is 0 Å². The fraction of sp³-hybridized carbons (Fsp3) is 0.429. The first-order valence-electron chi connectivity index (χ1n) is 15.2. The van der Waals surface area contributed by atoms with Crippen LogP contribution in [0.2, 0.25) is 0 Å². The average molecular weight is 649 g/mol. The monoisotopic (exact) mass is 648 g/mol. The Morgan fingerprint density at radius 2 is 1.38 bits per heavy atom. The molecule has 0 radical (unpaired) electrons. The summed E-state index contributed by atoms with van der Waals surface area (Å²) in [6.07, 6.45) is 3.02. The van der Waals surface area contributed by atoms with Crippen LogP contribution in [0.3, 0.4) is 0 Å². The number of ether oxygens (including phenoxy) is 1. The number of amides is 2. The van der Waals surface area contributed by atoms with Gasteiger partial charge >= 0.3 is 12.2 Å². The number of hydrogen-bond acceptors (Lipinski definition) is 7. The number of rotatable bonds is 12. The van der Waals surface area contributed by atoms with Crippen molar-refractivity contribution in [3.05, 3.63) is 104 Å². The first-order valence-corrected chi connectivity index (χ1v) is 16.9. The second kappa shape index (κ2) is 15.0. The van der Waals surface area contributed by atoms with Gasteiger partial charge in [0.25, 0.3) is 0 Å². The van der Waals surface area contributed by atoms with E-state index in [-0.39, 0.29) is 24.0 Å². The molecular weight excluding hydrogens is 605 g/mol. The molecule has 1 N–H and O–H groups in total. The van der Waals surface area contributed by atoms with Gasteiger partial charge in [0.2, 0.25) is 0 Å². The van der Waals surface area contributed by atoms with Crippen LogP contribution in [0.5, 0.6) is 0 Å². The van der Waals surface area contributed by atoms with Crippen molar-refractivity contribution in [1.29, 1.82) is 0 Å². The highest BCUT2D eigenvalue weighted by atomic mass is 32.1. The molecule has 10 heteroatoms. The smallest absolute Gasteiger partial charge is 0.410 e. The highest BCUT2D eigenvalue weighted by Gasteiger charge is 2.27. The Kier molecular flexibility index (Phi) is 11.4. The molecule has 2 aromatic carbocycles. The van der Waals surface area contributed by atoms with Crippen LogP contribution in [-0.2, 0) is 35.1 Å². The topological polar surface area (TPSA) is 95.9 Å². The summed E-state index contributed by atoms with van der Waals surface area (Å²) in [6, 6.07) is 16.1. The first-order chi connectivity index (χ1) is 21.3. The van der Waals surface area contributed by atoms with Crippen LogP contribution in [0.1, 0.15) is 86.0 Å². The quantitative estimate of drug-likeness (QED) is 0.165. The van der Waals surface area contributed by atoms with Crippen LogP contribution in [0.15, 0.2) is 71.9 Å². The van der Waals surface area contributed by atoms with Crippen molar-refractivity contribution >= 4 is 34.9 Å². The van der Waals surface area contributed by atoms with Crippen LogP contribution in [0.25, 0.3) is 0 Å². The average Bonchev–Trinajstić information content (AvgIpc) is 3.71. The second-order valence-electron chi connectivity index (χ2n) is 13.3. The lowest BCUT2D eigenvalue weighted by Crippen LogP contribution is -2.38. The Morgan fingerprint density at radius 3 is 1.89 bits per heavy atom. The summed E-state index contributed by atoms with van der Waals surface area (Å²) in [7, 11) is 0. The first kappa shape index (κ1) is 34.1. The van der Waals surface area contributed by atoms with Gasteiger partial charge in [0.05, 0.1) is 21.9 Å². The van der Waals surface area contributed by atoms with Gasteiger partial charge in [-0.05, 0) is 39.5 Å². The third kappa shape index (κ3) is 9.86. The zero-order valence-electron chi connectivity index (χ0n) is 27.0. The number of benzene rings is 2. The summed E-state index contributed by atoms with van der Waals surface area (Å²) in [6.45, 7) is 14.1. The Labute approximate surface area is 274 Å². The fourth-order valence-electron chi connectivity index (χ4n) is 5.07. The van der Waals surface area contributed by atoms with Gasteiger partial charge in [-0.25, -0.2) is 9.59 Å². The van der Waals surface area contributed by atoms with E-state index in [1.54, 1.807) is 28.3 Å². The maximum absolute atomic E-state index is 13.3. The van der Waals surface area contributed by atoms with Gasteiger partial charge in [0.1, 0.15) is 6.61 Å². The lowest BCUT2D eigenvalue weighted by atomic mass is 9.86. The minimum absolute atomic E-state index is 0.0106. The molecule has 8 nitrogen and oxygen atoms in total. The number of aromatic nitrogens is 2. The number of hydrogen-bond donors (Lipinski definition) is 1. The molecule has 1 atom stereocenters. The molecule has 2 heterocycles.